The SMILES string of the molecule is O=C1c2ccccc2C(=O)N1CCC=Cc1cn(C(c2ccccc2)(c2ccccc2)c2ccccc2)cn1. The highest BCUT2D eigenvalue weighted by atomic mass is 16.2. The van der Waals surface area contributed by atoms with Crippen LogP contribution in [0, 0.1) is 0 Å². The van der Waals surface area contributed by atoms with E-state index in [1.165, 1.54) is 4.90 Å². The van der Waals surface area contributed by atoms with Gasteiger partial charge in [0.15, 0.2) is 0 Å². The van der Waals surface area contributed by atoms with Crippen LogP contribution in [0.25, 0.3) is 6.08 Å². The van der Waals surface area contributed by atoms with Gasteiger partial charge in [-0.25, -0.2) is 4.98 Å². The maximum Gasteiger partial charge on any atom is 0.261 e. The molecule has 0 saturated carbocycles. The van der Waals surface area contributed by atoms with Gasteiger partial charge in [0, 0.05) is 12.7 Å². The monoisotopic (exact) mass is 509 g/mol. The molecule has 6 rings (SSSR count). The molecule has 0 atom stereocenters. The Morgan fingerprint density at radius 3 is 1.59 bits per heavy atom. The van der Waals surface area contributed by atoms with Crippen molar-refractivity contribution < 1.29 is 9.59 Å². The van der Waals surface area contributed by atoms with Crippen LogP contribution in [0.5, 0.6) is 0 Å². The average molecular weight is 510 g/mol. The third-order valence-electron chi connectivity index (χ3n) is 7.25. The number of imidazole rings is 1. The zero-order chi connectivity index (χ0) is 26.7. The molecule has 0 spiro atoms. The van der Waals surface area contributed by atoms with Gasteiger partial charge in [-0.2, -0.15) is 0 Å². The second-order valence-corrected chi connectivity index (χ2v) is 9.51. The summed E-state index contributed by atoms with van der Waals surface area (Å²) < 4.78 is 2.16. The fraction of sp³-hybridized carbons (Fsp3) is 0.0882. The molecular weight excluding hydrogens is 482 g/mol. The maximum atomic E-state index is 12.7. The summed E-state index contributed by atoms with van der Waals surface area (Å²) in [5.74, 6) is -0.460. The first-order chi connectivity index (χ1) is 19.2. The van der Waals surface area contributed by atoms with Crippen molar-refractivity contribution in [2.24, 2.45) is 0 Å². The van der Waals surface area contributed by atoms with Crippen molar-refractivity contribution in [3.8, 4) is 0 Å². The summed E-state index contributed by atoms with van der Waals surface area (Å²) >= 11 is 0. The number of rotatable bonds is 8. The molecule has 0 radical (unpaired) electrons. The smallest absolute Gasteiger partial charge is 0.261 e. The molecule has 0 aliphatic carbocycles. The van der Waals surface area contributed by atoms with E-state index in [9.17, 15) is 9.59 Å². The topological polar surface area (TPSA) is 55.2 Å². The van der Waals surface area contributed by atoms with Gasteiger partial charge < -0.3 is 4.57 Å². The molecule has 0 saturated heterocycles. The highest BCUT2D eigenvalue weighted by Gasteiger charge is 2.38. The summed E-state index contributed by atoms with van der Waals surface area (Å²) in [5, 5.41) is 0. The first kappa shape index (κ1) is 24.3. The van der Waals surface area contributed by atoms with Crippen LogP contribution >= 0.6 is 0 Å². The lowest BCUT2D eigenvalue weighted by molar-refractivity contribution is 0.0657. The van der Waals surface area contributed by atoms with Gasteiger partial charge in [0.25, 0.3) is 11.8 Å². The number of amides is 2. The fourth-order valence-corrected chi connectivity index (χ4v) is 5.44. The molecule has 2 amide bonds. The first-order valence-electron chi connectivity index (χ1n) is 13.0. The third-order valence-corrected chi connectivity index (χ3v) is 7.25. The van der Waals surface area contributed by atoms with Crippen LogP contribution in [0.4, 0.5) is 0 Å². The number of aromatic nitrogens is 2. The van der Waals surface area contributed by atoms with Crippen molar-refractivity contribution in [3.63, 3.8) is 0 Å². The zero-order valence-electron chi connectivity index (χ0n) is 21.4. The molecule has 1 aliphatic heterocycles. The van der Waals surface area contributed by atoms with Crippen molar-refractivity contribution >= 4 is 17.9 Å². The first-order valence-corrected chi connectivity index (χ1v) is 13.0. The molecule has 190 valence electrons. The highest BCUT2D eigenvalue weighted by Crippen LogP contribution is 2.40. The van der Waals surface area contributed by atoms with Gasteiger partial charge in [-0.3, -0.25) is 14.5 Å². The number of fused-ring (bicyclic) bond motifs is 1. The second-order valence-electron chi connectivity index (χ2n) is 9.51. The Kier molecular flexibility index (Phi) is 6.47. The van der Waals surface area contributed by atoms with Gasteiger partial charge in [0.1, 0.15) is 5.54 Å². The predicted octanol–water partition coefficient (Wildman–Crippen LogP) is 6.42. The molecule has 5 aromatic rings. The Hall–Kier alpha value is -5.03. The Morgan fingerprint density at radius 1 is 0.641 bits per heavy atom. The number of hydrogen-bond acceptors (Lipinski definition) is 3. The van der Waals surface area contributed by atoms with Crippen LogP contribution in [-0.2, 0) is 5.54 Å². The van der Waals surface area contributed by atoms with Gasteiger partial charge in [-0.05, 0) is 41.3 Å². The van der Waals surface area contributed by atoms with Gasteiger partial charge in [0.05, 0.1) is 23.1 Å². The molecule has 1 aliphatic rings. The average Bonchev–Trinajstić information content (AvgIpc) is 3.56. The number of benzene rings is 4. The van der Waals surface area contributed by atoms with E-state index in [0.717, 1.165) is 22.4 Å². The quantitative estimate of drug-likeness (QED) is 0.179. The normalized spacial score (nSPS) is 13.3. The Balaban J connectivity index is 1.31. The van der Waals surface area contributed by atoms with E-state index < -0.39 is 5.54 Å². The fourth-order valence-electron chi connectivity index (χ4n) is 5.44. The maximum absolute atomic E-state index is 12.7. The molecule has 39 heavy (non-hydrogen) atoms. The van der Waals surface area contributed by atoms with Crippen molar-refractivity contribution in [1.82, 2.24) is 14.5 Å². The van der Waals surface area contributed by atoms with Crippen molar-refractivity contribution in [2.45, 2.75) is 12.0 Å². The summed E-state index contributed by atoms with van der Waals surface area (Å²) in [6.07, 6.45) is 8.37. The number of imide groups is 1. The Morgan fingerprint density at radius 2 is 1.10 bits per heavy atom. The van der Waals surface area contributed by atoms with E-state index in [-0.39, 0.29) is 11.8 Å². The molecule has 0 fully saturated rings. The molecule has 2 heterocycles. The van der Waals surface area contributed by atoms with E-state index >= 15 is 0 Å². The van der Waals surface area contributed by atoms with Gasteiger partial charge in [0.2, 0.25) is 0 Å². The van der Waals surface area contributed by atoms with E-state index in [2.05, 4.69) is 77.4 Å². The van der Waals surface area contributed by atoms with Crippen LogP contribution in [0.3, 0.4) is 0 Å². The zero-order valence-corrected chi connectivity index (χ0v) is 21.4. The van der Waals surface area contributed by atoms with Crippen LogP contribution in [0.15, 0.2) is 134 Å². The minimum absolute atomic E-state index is 0.230. The summed E-state index contributed by atoms with van der Waals surface area (Å²) in [7, 11) is 0. The van der Waals surface area contributed by atoms with Crippen LogP contribution < -0.4 is 0 Å². The molecule has 5 nitrogen and oxygen atoms in total. The Labute approximate surface area is 227 Å². The number of carbonyl (C=O) groups is 2. The van der Waals surface area contributed by atoms with Gasteiger partial charge in [-0.15, -0.1) is 0 Å². The standard InChI is InChI=1S/C34H27N3O2/c38-32-30-21-10-11-22-31(30)33(39)37(32)23-13-12-20-29-24-36(25-35-29)34(26-14-4-1-5-15-26,27-16-6-2-7-17-27)28-18-8-3-9-19-28/h1-12,14-22,24-25H,13,23H2. The second kappa shape index (κ2) is 10.4. The van der Waals surface area contributed by atoms with E-state index in [1.54, 1.807) is 24.3 Å². The highest BCUT2D eigenvalue weighted by molar-refractivity contribution is 6.21. The minimum Gasteiger partial charge on any atom is -0.318 e. The van der Waals surface area contributed by atoms with Crippen LogP contribution in [-0.4, -0.2) is 32.8 Å². The summed E-state index contributed by atoms with van der Waals surface area (Å²) in [4.78, 5) is 31.3. The van der Waals surface area contributed by atoms with Crippen molar-refractivity contribution in [1.29, 1.82) is 0 Å². The number of nitrogens with zero attached hydrogens (tertiary/aromatic N) is 3. The van der Waals surface area contributed by atoms with Crippen molar-refractivity contribution in [3.05, 3.63) is 167 Å². The summed E-state index contributed by atoms with van der Waals surface area (Å²) in [6, 6.07) is 38.3. The number of carbonyl (C=O) groups excluding carboxylic acids is 2. The lowest BCUT2D eigenvalue weighted by Gasteiger charge is -2.37. The lowest BCUT2D eigenvalue weighted by Crippen LogP contribution is -2.36. The lowest BCUT2D eigenvalue weighted by atomic mass is 9.77. The van der Waals surface area contributed by atoms with Gasteiger partial charge in [-0.1, -0.05) is 109 Å². The van der Waals surface area contributed by atoms with Crippen LogP contribution in [0.1, 0.15) is 49.5 Å². The molecule has 0 unspecified atom stereocenters. The van der Waals surface area contributed by atoms with Crippen LogP contribution in [0.2, 0.25) is 0 Å². The van der Waals surface area contributed by atoms with Crippen molar-refractivity contribution in [2.75, 3.05) is 6.54 Å². The van der Waals surface area contributed by atoms with E-state index in [4.69, 9.17) is 4.98 Å². The molecule has 0 N–H and O–H groups in total. The summed E-state index contributed by atoms with van der Waals surface area (Å²) in [6.45, 7) is 0.325. The van der Waals surface area contributed by atoms with E-state index in [1.807, 2.05) is 42.9 Å². The number of hydrogen-bond donors (Lipinski definition) is 0. The van der Waals surface area contributed by atoms with Gasteiger partial charge >= 0.3 is 0 Å². The largest absolute Gasteiger partial charge is 0.318 e. The summed E-state index contributed by atoms with van der Waals surface area (Å²) in [5.41, 5.74) is 4.50. The van der Waals surface area contributed by atoms with E-state index in [0.29, 0.717) is 24.1 Å². The Bertz CT molecular complexity index is 1510. The third kappa shape index (κ3) is 4.28. The molecular formula is C34H27N3O2. The molecule has 0 bridgehead atoms. The molecule has 1 aromatic heterocycles. The minimum atomic E-state index is -0.622. The molecule has 4 aromatic carbocycles. The predicted molar refractivity (Wildman–Crippen MR) is 152 cm³/mol. The molecule has 5 heteroatoms.